The van der Waals surface area contributed by atoms with Crippen LogP contribution in [0.15, 0.2) is 53.1 Å². The van der Waals surface area contributed by atoms with E-state index >= 15 is 0 Å². The number of carboxylic acid groups (broad SMARTS) is 1. The van der Waals surface area contributed by atoms with Gasteiger partial charge in [-0.05, 0) is 24.3 Å². The number of benzene rings is 2. The Morgan fingerprint density at radius 1 is 1.20 bits per heavy atom. The second kappa shape index (κ2) is 6.83. The molecular weight excluding hydrogens is 324 g/mol. The lowest BCUT2D eigenvalue weighted by Gasteiger charge is -2.03. The third-order valence-electron chi connectivity index (χ3n) is 3.30. The molecule has 3 rings (SSSR count). The van der Waals surface area contributed by atoms with Crippen molar-refractivity contribution in [3.05, 3.63) is 54.1 Å². The quantitative estimate of drug-likeness (QED) is 0.463. The van der Waals surface area contributed by atoms with E-state index in [1.54, 1.807) is 48.5 Å². The maximum atomic E-state index is 10.6. The molecule has 0 saturated heterocycles. The van der Waals surface area contributed by atoms with E-state index < -0.39 is 12.6 Å². The van der Waals surface area contributed by atoms with Crippen molar-refractivity contribution in [1.82, 2.24) is 10.1 Å². The summed E-state index contributed by atoms with van der Waals surface area (Å²) in [6.07, 6.45) is 0. The maximum Gasteiger partial charge on any atom is 0.341 e. The highest BCUT2D eigenvalue weighted by molar-refractivity contribution is 5.95. The zero-order valence-corrected chi connectivity index (χ0v) is 13.0. The summed E-state index contributed by atoms with van der Waals surface area (Å²) in [6, 6.07) is 13.7. The van der Waals surface area contributed by atoms with Crippen LogP contribution in [0, 0.1) is 5.41 Å². The molecule has 0 fully saturated rings. The Hall–Kier alpha value is -3.68. The van der Waals surface area contributed by atoms with Gasteiger partial charge in [-0.3, -0.25) is 5.41 Å². The predicted molar refractivity (Wildman–Crippen MR) is 89.3 cm³/mol. The lowest BCUT2D eigenvalue weighted by molar-refractivity contribution is -0.139. The fourth-order valence-electron chi connectivity index (χ4n) is 2.15. The van der Waals surface area contributed by atoms with E-state index in [1.165, 1.54) is 0 Å². The van der Waals surface area contributed by atoms with Crippen LogP contribution in [0.2, 0.25) is 0 Å². The van der Waals surface area contributed by atoms with Crippen LogP contribution in [0.1, 0.15) is 5.56 Å². The smallest absolute Gasteiger partial charge is 0.341 e. The Kier molecular flexibility index (Phi) is 4.42. The van der Waals surface area contributed by atoms with E-state index in [9.17, 15) is 4.79 Å². The molecule has 2 aromatic carbocycles. The van der Waals surface area contributed by atoms with Gasteiger partial charge in [-0.15, -0.1) is 0 Å². The number of nitrogens with one attached hydrogen (secondary N) is 1. The third kappa shape index (κ3) is 3.81. The molecule has 0 saturated carbocycles. The molecule has 0 unspecified atom stereocenters. The number of hydrogen-bond donors (Lipinski definition) is 3. The summed E-state index contributed by atoms with van der Waals surface area (Å²) in [5.41, 5.74) is 7.31. The first-order valence-corrected chi connectivity index (χ1v) is 7.26. The first-order valence-electron chi connectivity index (χ1n) is 7.26. The van der Waals surface area contributed by atoms with Crippen molar-refractivity contribution in [1.29, 1.82) is 5.41 Å². The number of nitrogen functional groups attached to an aromatic ring is 1. The molecule has 3 aromatic rings. The molecule has 8 nitrogen and oxygen atoms in total. The summed E-state index contributed by atoms with van der Waals surface area (Å²) in [6.45, 7) is -0.432. The number of nitrogens with two attached hydrogens (primary N) is 1. The first kappa shape index (κ1) is 16.2. The van der Waals surface area contributed by atoms with E-state index in [4.69, 9.17) is 25.5 Å². The van der Waals surface area contributed by atoms with E-state index in [0.29, 0.717) is 28.3 Å². The van der Waals surface area contributed by atoms with Crippen LogP contribution in [-0.4, -0.2) is 33.7 Å². The zero-order valence-electron chi connectivity index (χ0n) is 13.0. The average molecular weight is 338 g/mol. The summed E-state index contributed by atoms with van der Waals surface area (Å²) >= 11 is 0. The van der Waals surface area contributed by atoms with Crippen molar-refractivity contribution in [2.24, 2.45) is 5.73 Å². The Morgan fingerprint density at radius 3 is 2.72 bits per heavy atom. The van der Waals surface area contributed by atoms with Gasteiger partial charge >= 0.3 is 5.97 Å². The fourth-order valence-corrected chi connectivity index (χ4v) is 2.15. The largest absolute Gasteiger partial charge is 0.482 e. The normalized spacial score (nSPS) is 10.4. The van der Waals surface area contributed by atoms with Crippen molar-refractivity contribution >= 4 is 11.8 Å². The lowest BCUT2D eigenvalue weighted by atomic mass is 10.1. The molecule has 126 valence electrons. The van der Waals surface area contributed by atoms with Crippen LogP contribution in [0.4, 0.5) is 0 Å². The van der Waals surface area contributed by atoms with Crippen molar-refractivity contribution in [3.63, 3.8) is 0 Å². The van der Waals surface area contributed by atoms with Crippen molar-refractivity contribution in [2.45, 2.75) is 0 Å². The topological polar surface area (TPSA) is 135 Å². The molecule has 0 bridgehead atoms. The van der Waals surface area contributed by atoms with Crippen LogP contribution in [0.3, 0.4) is 0 Å². The number of nitrogens with zero attached hydrogens (tertiary/aromatic N) is 2. The van der Waals surface area contributed by atoms with Gasteiger partial charge in [0.1, 0.15) is 11.6 Å². The lowest BCUT2D eigenvalue weighted by Crippen LogP contribution is -2.10. The number of rotatable bonds is 6. The number of carbonyl (C=O) groups is 1. The van der Waals surface area contributed by atoms with Gasteiger partial charge < -0.3 is 20.1 Å². The molecule has 4 N–H and O–H groups in total. The summed E-state index contributed by atoms with van der Waals surface area (Å²) in [5, 5.41) is 20.1. The highest BCUT2D eigenvalue weighted by Gasteiger charge is 2.12. The number of hydrogen-bond acceptors (Lipinski definition) is 6. The van der Waals surface area contributed by atoms with E-state index in [-0.39, 0.29) is 11.7 Å². The molecule has 8 heteroatoms. The predicted octanol–water partition coefficient (Wildman–Crippen LogP) is 2.15. The summed E-state index contributed by atoms with van der Waals surface area (Å²) in [5.74, 6) is -0.0914. The van der Waals surface area contributed by atoms with Crippen LogP contribution < -0.4 is 10.5 Å². The molecule has 0 aliphatic rings. The van der Waals surface area contributed by atoms with Crippen molar-refractivity contribution < 1.29 is 19.2 Å². The molecule has 1 aromatic heterocycles. The molecule has 0 amide bonds. The molecule has 0 spiro atoms. The van der Waals surface area contributed by atoms with Gasteiger partial charge in [0.15, 0.2) is 6.61 Å². The molecule has 0 atom stereocenters. The minimum atomic E-state index is -1.06. The van der Waals surface area contributed by atoms with Crippen LogP contribution >= 0.6 is 0 Å². The molecule has 0 aliphatic carbocycles. The fraction of sp³-hybridized carbons (Fsp3) is 0.0588. The minimum Gasteiger partial charge on any atom is -0.482 e. The molecule has 0 aliphatic heterocycles. The van der Waals surface area contributed by atoms with E-state index in [0.717, 1.165) is 0 Å². The number of ether oxygens (including phenoxy) is 1. The summed E-state index contributed by atoms with van der Waals surface area (Å²) in [4.78, 5) is 14.9. The van der Waals surface area contributed by atoms with Crippen LogP contribution in [0.25, 0.3) is 22.8 Å². The number of amidine groups is 1. The average Bonchev–Trinajstić information content (AvgIpc) is 3.10. The second-order valence-electron chi connectivity index (χ2n) is 5.13. The van der Waals surface area contributed by atoms with Crippen molar-refractivity contribution in [3.8, 4) is 28.6 Å². The van der Waals surface area contributed by atoms with E-state index in [2.05, 4.69) is 10.1 Å². The van der Waals surface area contributed by atoms with Gasteiger partial charge in [0.2, 0.25) is 5.82 Å². The van der Waals surface area contributed by atoms with Crippen LogP contribution in [0.5, 0.6) is 5.75 Å². The number of aliphatic carboxylic acids is 1. The molecule has 0 radical (unpaired) electrons. The second-order valence-corrected chi connectivity index (χ2v) is 5.13. The number of aromatic nitrogens is 2. The van der Waals surface area contributed by atoms with Crippen LogP contribution in [-0.2, 0) is 4.79 Å². The SMILES string of the molecule is N=C(N)c1cccc(-c2nc(-c3cccc(OCC(=O)O)c3)no2)c1. The van der Waals surface area contributed by atoms with E-state index in [1.807, 2.05) is 0 Å². The standard InChI is InChI=1S/C17H14N4O4/c18-15(19)10-3-1-5-12(7-10)17-20-16(21-25-17)11-4-2-6-13(8-11)24-9-14(22)23/h1-8H,9H2,(H3,18,19)(H,22,23). The minimum absolute atomic E-state index is 0.0510. The van der Waals surface area contributed by atoms with Gasteiger partial charge in [-0.1, -0.05) is 29.4 Å². The van der Waals surface area contributed by atoms with Gasteiger partial charge in [0.25, 0.3) is 5.89 Å². The maximum absolute atomic E-state index is 10.6. The molecule has 25 heavy (non-hydrogen) atoms. The number of carboxylic acids is 1. The Balaban J connectivity index is 1.86. The van der Waals surface area contributed by atoms with Gasteiger partial charge in [0, 0.05) is 16.7 Å². The first-order chi connectivity index (χ1) is 12.0. The Morgan fingerprint density at radius 2 is 1.96 bits per heavy atom. The monoisotopic (exact) mass is 338 g/mol. The molecular formula is C17H14N4O4. The zero-order chi connectivity index (χ0) is 17.8. The molecule has 1 heterocycles. The Labute approximate surface area is 142 Å². The van der Waals surface area contributed by atoms with Gasteiger partial charge in [-0.25, -0.2) is 4.79 Å². The highest BCUT2D eigenvalue weighted by atomic mass is 16.5. The summed E-state index contributed by atoms with van der Waals surface area (Å²) < 4.78 is 10.4. The summed E-state index contributed by atoms with van der Waals surface area (Å²) in [7, 11) is 0. The van der Waals surface area contributed by atoms with Gasteiger partial charge in [-0.2, -0.15) is 4.98 Å². The van der Waals surface area contributed by atoms with Crippen molar-refractivity contribution in [2.75, 3.05) is 6.61 Å². The Bertz CT molecular complexity index is 936. The van der Waals surface area contributed by atoms with Gasteiger partial charge in [0.05, 0.1) is 0 Å². The third-order valence-corrected chi connectivity index (χ3v) is 3.30. The highest BCUT2D eigenvalue weighted by Crippen LogP contribution is 2.25.